The molecule has 5 heteroatoms. The highest BCUT2D eigenvalue weighted by Crippen LogP contribution is 2.39. The molecule has 0 radical (unpaired) electrons. The van der Waals surface area contributed by atoms with E-state index in [1.807, 2.05) is 19.1 Å². The third-order valence-corrected chi connectivity index (χ3v) is 4.83. The molecule has 1 atom stereocenters. The van der Waals surface area contributed by atoms with Crippen molar-refractivity contribution in [2.24, 2.45) is 5.92 Å². The second-order valence-corrected chi connectivity index (χ2v) is 6.46. The van der Waals surface area contributed by atoms with Gasteiger partial charge in [-0.1, -0.05) is 24.9 Å². The average Bonchev–Trinajstić information content (AvgIpc) is 2.69. The molecular weight excluding hydrogens is 286 g/mol. The van der Waals surface area contributed by atoms with Crippen LogP contribution in [-0.2, 0) is 4.79 Å². The predicted molar refractivity (Wildman–Crippen MR) is 87.1 cm³/mol. The van der Waals surface area contributed by atoms with Crippen molar-refractivity contribution in [3.8, 4) is 0 Å². The molecule has 1 aromatic carbocycles. The van der Waals surface area contributed by atoms with E-state index in [1.54, 1.807) is 0 Å². The topological polar surface area (TPSA) is 44.4 Å². The van der Waals surface area contributed by atoms with Crippen molar-refractivity contribution < 1.29 is 4.79 Å². The summed E-state index contributed by atoms with van der Waals surface area (Å²) in [5.74, 6) is 0.783. The number of carbonyl (C=O) groups is 1. The lowest BCUT2D eigenvalue weighted by atomic mass is 9.85. The summed E-state index contributed by atoms with van der Waals surface area (Å²) in [5.41, 5.74) is 2.83. The summed E-state index contributed by atoms with van der Waals surface area (Å²) in [6, 6.07) is 3.65. The zero-order valence-corrected chi connectivity index (χ0v) is 13.3. The molecule has 1 aliphatic heterocycles. The Morgan fingerprint density at radius 1 is 1.43 bits per heavy atom. The number of hydrogen-bond acceptors (Lipinski definition) is 3. The largest absolute Gasteiger partial charge is 0.373 e. The maximum Gasteiger partial charge on any atom is 0.246 e. The molecule has 0 spiro atoms. The van der Waals surface area contributed by atoms with E-state index >= 15 is 0 Å². The van der Waals surface area contributed by atoms with Gasteiger partial charge in [-0.25, -0.2) is 0 Å². The fourth-order valence-corrected chi connectivity index (χ4v) is 3.45. The summed E-state index contributed by atoms with van der Waals surface area (Å²) in [5, 5.41) is 6.86. The maximum atomic E-state index is 12.0. The molecule has 0 saturated heterocycles. The van der Waals surface area contributed by atoms with Crippen LogP contribution in [0.3, 0.4) is 0 Å². The number of anilines is 2. The highest BCUT2D eigenvalue weighted by molar-refractivity contribution is 6.33. The minimum atomic E-state index is -0.284. The van der Waals surface area contributed by atoms with E-state index in [0.717, 1.165) is 41.0 Å². The quantitative estimate of drug-likeness (QED) is 0.878. The predicted octanol–water partition coefficient (Wildman–Crippen LogP) is 3.18. The lowest BCUT2D eigenvalue weighted by Crippen LogP contribution is -2.29. The Hall–Kier alpha value is -1.26. The van der Waals surface area contributed by atoms with Crippen LogP contribution < -0.4 is 15.5 Å². The van der Waals surface area contributed by atoms with Crippen molar-refractivity contribution >= 4 is 28.9 Å². The number of benzene rings is 1. The Balaban J connectivity index is 1.84. The third-order valence-electron chi connectivity index (χ3n) is 4.53. The molecule has 0 aromatic heterocycles. The van der Waals surface area contributed by atoms with Crippen molar-refractivity contribution in [3.05, 3.63) is 22.7 Å². The molecule has 1 heterocycles. The summed E-state index contributed by atoms with van der Waals surface area (Å²) >= 11 is 6.45. The van der Waals surface area contributed by atoms with Gasteiger partial charge in [0.15, 0.2) is 0 Å². The van der Waals surface area contributed by atoms with Gasteiger partial charge in [-0.3, -0.25) is 4.79 Å². The number of carbonyl (C=O) groups excluding carboxylic acids is 1. The molecule has 1 amide bonds. The smallest absolute Gasteiger partial charge is 0.246 e. The minimum Gasteiger partial charge on any atom is -0.373 e. The first-order chi connectivity index (χ1) is 10.1. The molecule has 2 N–H and O–H groups in total. The van der Waals surface area contributed by atoms with Crippen molar-refractivity contribution in [3.63, 3.8) is 0 Å². The van der Waals surface area contributed by atoms with E-state index < -0.39 is 0 Å². The maximum absolute atomic E-state index is 12.0. The molecule has 1 aromatic rings. The van der Waals surface area contributed by atoms with Crippen LogP contribution in [0.2, 0.25) is 5.02 Å². The Morgan fingerprint density at radius 2 is 2.19 bits per heavy atom. The van der Waals surface area contributed by atoms with Gasteiger partial charge >= 0.3 is 0 Å². The average molecular weight is 308 g/mol. The van der Waals surface area contributed by atoms with Gasteiger partial charge in [0.25, 0.3) is 0 Å². The first kappa shape index (κ1) is 14.7. The normalized spacial score (nSPS) is 20.9. The van der Waals surface area contributed by atoms with E-state index in [1.165, 1.54) is 19.3 Å². The Labute approximate surface area is 130 Å². The molecule has 1 fully saturated rings. The Bertz CT molecular complexity index is 557. The molecular formula is C16H22ClN3O. The van der Waals surface area contributed by atoms with Crippen molar-refractivity contribution in [1.29, 1.82) is 0 Å². The number of nitrogens with zero attached hydrogens (tertiary/aromatic N) is 1. The summed E-state index contributed by atoms with van der Waals surface area (Å²) in [6.45, 7) is 3.77. The van der Waals surface area contributed by atoms with Crippen LogP contribution in [0.25, 0.3) is 0 Å². The van der Waals surface area contributed by atoms with Gasteiger partial charge in [0.05, 0.1) is 10.7 Å². The van der Waals surface area contributed by atoms with Crippen LogP contribution in [0, 0.1) is 5.92 Å². The van der Waals surface area contributed by atoms with Crippen LogP contribution in [0.4, 0.5) is 11.4 Å². The molecule has 21 heavy (non-hydrogen) atoms. The van der Waals surface area contributed by atoms with Gasteiger partial charge in [-0.05, 0) is 37.4 Å². The van der Waals surface area contributed by atoms with Crippen molar-refractivity contribution in [2.75, 3.05) is 30.4 Å². The molecule has 1 saturated carbocycles. The summed E-state index contributed by atoms with van der Waals surface area (Å²) in [6.07, 6.45) is 3.97. The zero-order chi connectivity index (χ0) is 15.0. The lowest BCUT2D eigenvalue weighted by molar-refractivity contribution is -0.117. The molecule has 2 aliphatic rings. The fourth-order valence-electron chi connectivity index (χ4n) is 3.13. The van der Waals surface area contributed by atoms with Crippen LogP contribution in [-0.4, -0.2) is 26.0 Å². The van der Waals surface area contributed by atoms with E-state index in [4.69, 9.17) is 11.6 Å². The number of hydrogen-bond donors (Lipinski definition) is 2. The summed E-state index contributed by atoms with van der Waals surface area (Å²) in [7, 11) is 2.07. The fraction of sp³-hybridized carbons (Fsp3) is 0.562. The second-order valence-electron chi connectivity index (χ2n) is 6.05. The zero-order valence-electron chi connectivity index (χ0n) is 12.6. The van der Waals surface area contributed by atoms with E-state index in [2.05, 4.69) is 22.6 Å². The van der Waals surface area contributed by atoms with Gasteiger partial charge in [-0.15, -0.1) is 0 Å². The van der Waals surface area contributed by atoms with Gasteiger partial charge in [0.1, 0.15) is 6.04 Å². The molecule has 1 aliphatic carbocycles. The van der Waals surface area contributed by atoms with E-state index in [9.17, 15) is 4.79 Å². The monoisotopic (exact) mass is 307 g/mol. The SMILES string of the molecule is CCNC1C(=O)Nc2cc(N(C)CC3CCC3)c(Cl)cc21. The number of halogens is 1. The Kier molecular flexibility index (Phi) is 4.09. The first-order valence-electron chi connectivity index (χ1n) is 7.69. The minimum absolute atomic E-state index is 0.00159. The van der Waals surface area contributed by atoms with Crippen LogP contribution in [0.5, 0.6) is 0 Å². The van der Waals surface area contributed by atoms with E-state index in [-0.39, 0.29) is 11.9 Å². The molecule has 3 rings (SSSR count). The van der Waals surface area contributed by atoms with E-state index in [0.29, 0.717) is 0 Å². The number of rotatable bonds is 5. The second kappa shape index (κ2) is 5.85. The standard InChI is InChI=1S/C16H22ClN3O/c1-3-18-15-11-7-12(17)14(8-13(11)19-16(15)21)20(2)9-10-5-4-6-10/h7-8,10,15,18H,3-6,9H2,1-2H3,(H,19,21). The number of amides is 1. The summed E-state index contributed by atoms with van der Waals surface area (Å²) in [4.78, 5) is 14.2. The highest BCUT2D eigenvalue weighted by atomic mass is 35.5. The van der Waals surface area contributed by atoms with Crippen molar-refractivity contribution in [1.82, 2.24) is 5.32 Å². The number of likely N-dealkylation sites (N-methyl/N-ethyl adjacent to an activating group) is 1. The van der Waals surface area contributed by atoms with Gasteiger partial charge in [0, 0.05) is 24.8 Å². The van der Waals surface area contributed by atoms with Crippen LogP contribution >= 0.6 is 11.6 Å². The van der Waals surface area contributed by atoms with Crippen molar-refractivity contribution in [2.45, 2.75) is 32.2 Å². The number of nitrogens with one attached hydrogen (secondary N) is 2. The third kappa shape index (κ3) is 2.74. The van der Waals surface area contributed by atoms with Gasteiger partial charge in [-0.2, -0.15) is 0 Å². The molecule has 114 valence electrons. The van der Waals surface area contributed by atoms with Gasteiger partial charge in [0.2, 0.25) is 5.91 Å². The lowest BCUT2D eigenvalue weighted by Gasteiger charge is -2.32. The highest BCUT2D eigenvalue weighted by Gasteiger charge is 2.31. The first-order valence-corrected chi connectivity index (χ1v) is 8.06. The molecule has 0 bridgehead atoms. The Morgan fingerprint density at radius 3 is 2.81 bits per heavy atom. The van der Waals surface area contributed by atoms with Crippen LogP contribution in [0.15, 0.2) is 12.1 Å². The molecule has 1 unspecified atom stereocenters. The van der Waals surface area contributed by atoms with Gasteiger partial charge < -0.3 is 15.5 Å². The molecule has 4 nitrogen and oxygen atoms in total. The number of fused-ring (bicyclic) bond motifs is 1. The van der Waals surface area contributed by atoms with Crippen LogP contribution in [0.1, 0.15) is 37.8 Å². The summed E-state index contributed by atoms with van der Waals surface area (Å²) < 4.78 is 0.